The Balaban J connectivity index is 0.00000363. The molecule has 0 radical (unpaired) electrons. The molecule has 1 fully saturated rings. The molecule has 6 nitrogen and oxygen atoms in total. The van der Waals surface area contributed by atoms with Gasteiger partial charge in [-0.15, -0.1) is 24.0 Å². The lowest BCUT2D eigenvalue weighted by Crippen LogP contribution is -2.49. The number of methoxy groups -OCH3 is 1. The average molecular weight is 552 g/mol. The number of guanidine groups is 1. The fourth-order valence-corrected chi connectivity index (χ4v) is 4.11. The van der Waals surface area contributed by atoms with E-state index in [1.807, 2.05) is 19.2 Å². The predicted molar refractivity (Wildman–Crippen MR) is 144 cm³/mol. The van der Waals surface area contributed by atoms with Gasteiger partial charge < -0.3 is 20.3 Å². The van der Waals surface area contributed by atoms with Gasteiger partial charge in [-0.3, -0.25) is 9.89 Å². The highest BCUT2D eigenvalue weighted by Crippen LogP contribution is 2.22. The summed E-state index contributed by atoms with van der Waals surface area (Å²) in [6.07, 6.45) is 2.25. The van der Waals surface area contributed by atoms with Crippen molar-refractivity contribution < 1.29 is 4.74 Å². The van der Waals surface area contributed by atoms with Gasteiger partial charge >= 0.3 is 0 Å². The molecule has 32 heavy (non-hydrogen) atoms. The van der Waals surface area contributed by atoms with Crippen LogP contribution in [0.4, 0.5) is 0 Å². The molecule has 3 rings (SSSR count). The van der Waals surface area contributed by atoms with Gasteiger partial charge in [0.05, 0.1) is 13.2 Å². The van der Waals surface area contributed by atoms with Crippen molar-refractivity contribution in [2.75, 3.05) is 47.9 Å². The van der Waals surface area contributed by atoms with Crippen molar-refractivity contribution in [3.63, 3.8) is 0 Å². The molecule has 1 heterocycles. The number of rotatable bonds is 8. The van der Waals surface area contributed by atoms with Crippen molar-refractivity contribution in [1.29, 1.82) is 0 Å². The molecule has 0 amide bonds. The summed E-state index contributed by atoms with van der Waals surface area (Å²) in [6, 6.07) is 19.7. The molecule has 0 aliphatic carbocycles. The number of aliphatic imine (C=N–C) groups is 1. The van der Waals surface area contributed by atoms with Crippen LogP contribution in [0.1, 0.15) is 30.0 Å². The van der Waals surface area contributed by atoms with Crippen molar-refractivity contribution in [2.24, 2.45) is 4.99 Å². The van der Waals surface area contributed by atoms with E-state index in [0.717, 1.165) is 50.7 Å². The number of piperidine rings is 1. The van der Waals surface area contributed by atoms with Gasteiger partial charge in [-0.2, -0.15) is 0 Å². The lowest BCUT2D eigenvalue weighted by Gasteiger charge is -2.33. The molecule has 1 aliphatic heterocycles. The predicted octanol–water partition coefficient (Wildman–Crippen LogP) is 3.75. The highest BCUT2D eigenvalue weighted by Gasteiger charge is 2.21. The third kappa shape index (κ3) is 7.94. The highest BCUT2D eigenvalue weighted by molar-refractivity contribution is 14.0. The molecule has 2 aromatic carbocycles. The largest absolute Gasteiger partial charge is 0.497 e. The Labute approximate surface area is 210 Å². The van der Waals surface area contributed by atoms with Gasteiger partial charge in [-0.1, -0.05) is 42.5 Å². The molecular formula is C25H38IN5O. The minimum absolute atomic E-state index is 0. The molecule has 7 heteroatoms. The zero-order valence-corrected chi connectivity index (χ0v) is 22.1. The van der Waals surface area contributed by atoms with Gasteiger partial charge in [-0.05, 0) is 50.2 Å². The van der Waals surface area contributed by atoms with E-state index in [-0.39, 0.29) is 30.0 Å². The van der Waals surface area contributed by atoms with E-state index in [1.54, 1.807) is 7.11 Å². The van der Waals surface area contributed by atoms with E-state index in [0.29, 0.717) is 6.04 Å². The first kappa shape index (κ1) is 26.4. The second-order valence-electron chi connectivity index (χ2n) is 8.39. The number of nitrogens with one attached hydrogen (secondary N) is 2. The van der Waals surface area contributed by atoms with Gasteiger partial charge in [0.25, 0.3) is 0 Å². The maximum atomic E-state index is 5.40. The maximum absolute atomic E-state index is 5.40. The molecule has 1 atom stereocenters. The third-order valence-corrected chi connectivity index (χ3v) is 5.97. The van der Waals surface area contributed by atoms with Crippen LogP contribution in [0.25, 0.3) is 0 Å². The molecule has 2 aromatic rings. The molecule has 0 spiro atoms. The van der Waals surface area contributed by atoms with E-state index in [4.69, 9.17) is 4.74 Å². The lowest BCUT2D eigenvalue weighted by atomic mass is 10.0. The van der Waals surface area contributed by atoms with Gasteiger partial charge in [0.1, 0.15) is 5.75 Å². The summed E-state index contributed by atoms with van der Waals surface area (Å²) in [7, 11) is 7.75. The van der Waals surface area contributed by atoms with E-state index >= 15 is 0 Å². The average Bonchev–Trinajstić information content (AvgIpc) is 2.80. The topological polar surface area (TPSA) is 52.1 Å². The number of benzene rings is 2. The minimum atomic E-state index is 0. The van der Waals surface area contributed by atoms with Crippen LogP contribution in [0.5, 0.6) is 5.75 Å². The smallest absolute Gasteiger partial charge is 0.191 e. The summed E-state index contributed by atoms with van der Waals surface area (Å²) in [6.45, 7) is 4.01. The summed E-state index contributed by atoms with van der Waals surface area (Å²) in [5.74, 6) is 1.75. The maximum Gasteiger partial charge on any atom is 0.191 e. The Morgan fingerprint density at radius 2 is 1.84 bits per heavy atom. The Morgan fingerprint density at radius 1 is 1.12 bits per heavy atom. The van der Waals surface area contributed by atoms with Crippen molar-refractivity contribution in [2.45, 2.75) is 31.5 Å². The van der Waals surface area contributed by atoms with Crippen LogP contribution in [0.15, 0.2) is 59.6 Å². The van der Waals surface area contributed by atoms with E-state index in [1.165, 1.54) is 11.1 Å². The van der Waals surface area contributed by atoms with Gasteiger partial charge in [0.15, 0.2) is 5.96 Å². The second kappa shape index (κ2) is 13.6. The Bertz CT molecular complexity index is 822. The normalized spacial score (nSPS) is 16.3. The fraction of sp³-hybridized carbons (Fsp3) is 0.480. The zero-order valence-electron chi connectivity index (χ0n) is 19.8. The summed E-state index contributed by atoms with van der Waals surface area (Å²) in [4.78, 5) is 9.22. The lowest BCUT2D eigenvalue weighted by molar-refractivity contribution is 0.198. The number of halogens is 1. The van der Waals surface area contributed by atoms with Gasteiger partial charge in [0.2, 0.25) is 0 Å². The Morgan fingerprint density at radius 3 is 2.47 bits per heavy atom. The Kier molecular flexibility index (Phi) is 11.3. The molecule has 0 saturated carbocycles. The number of likely N-dealkylation sites (N-methyl/N-ethyl adjacent to an activating group) is 1. The third-order valence-electron chi connectivity index (χ3n) is 5.97. The summed E-state index contributed by atoms with van der Waals surface area (Å²) in [5.41, 5.74) is 2.61. The van der Waals surface area contributed by atoms with Crippen molar-refractivity contribution in [3.05, 3.63) is 65.7 Å². The number of ether oxygens (including phenoxy) is 1. The molecule has 2 N–H and O–H groups in total. The van der Waals surface area contributed by atoms with Crippen LogP contribution in [0.3, 0.4) is 0 Å². The van der Waals surface area contributed by atoms with E-state index < -0.39 is 0 Å². The van der Waals surface area contributed by atoms with Crippen LogP contribution in [-0.4, -0.2) is 69.7 Å². The number of hydrogen-bond donors (Lipinski definition) is 2. The fourth-order valence-electron chi connectivity index (χ4n) is 4.11. The SMILES string of the molecule is CN=C(NCC(c1cccc(OC)c1)N(C)C)NC1CCN(Cc2ccccc2)CC1.I. The summed E-state index contributed by atoms with van der Waals surface area (Å²) in [5, 5.41) is 7.16. The zero-order chi connectivity index (χ0) is 22.1. The molecule has 1 unspecified atom stereocenters. The number of hydrogen-bond acceptors (Lipinski definition) is 4. The Hall–Kier alpha value is -1.84. The molecule has 1 aliphatic rings. The first-order valence-electron chi connectivity index (χ1n) is 11.1. The van der Waals surface area contributed by atoms with Gasteiger partial charge in [0, 0.05) is 39.3 Å². The number of nitrogens with zero attached hydrogens (tertiary/aromatic N) is 3. The summed E-state index contributed by atoms with van der Waals surface area (Å²) < 4.78 is 5.40. The number of likely N-dealkylation sites (tertiary alicyclic amines) is 1. The quantitative estimate of drug-likeness (QED) is 0.298. The van der Waals surface area contributed by atoms with Crippen LogP contribution in [-0.2, 0) is 6.54 Å². The molecule has 1 saturated heterocycles. The first-order valence-corrected chi connectivity index (χ1v) is 11.1. The molecule has 176 valence electrons. The van der Waals surface area contributed by atoms with E-state index in [9.17, 15) is 0 Å². The summed E-state index contributed by atoms with van der Waals surface area (Å²) >= 11 is 0. The van der Waals surface area contributed by atoms with Crippen LogP contribution < -0.4 is 15.4 Å². The van der Waals surface area contributed by atoms with Crippen molar-refractivity contribution >= 4 is 29.9 Å². The first-order chi connectivity index (χ1) is 15.1. The van der Waals surface area contributed by atoms with Crippen LogP contribution >= 0.6 is 24.0 Å². The van der Waals surface area contributed by atoms with Crippen molar-refractivity contribution in [1.82, 2.24) is 20.4 Å². The highest BCUT2D eigenvalue weighted by atomic mass is 127. The standard InChI is InChI=1S/C25H37N5O.HI/c1-26-25(27-18-24(29(2)3)21-11-8-12-23(17-21)31-4)28-22-13-15-30(16-14-22)19-20-9-6-5-7-10-20;/h5-12,17,22,24H,13-16,18-19H2,1-4H3,(H2,26,27,28);1H. The van der Waals surface area contributed by atoms with Crippen LogP contribution in [0, 0.1) is 0 Å². The van der Waals surface area contributed by atoms with Crippen LogP contribution in [0.2, 0.25) is 0 Å². The van der Waals surface area contributed by atoms with E-state index in [2.05, 4.69) is 82.0 Å². The minimum Gasteiger partial charge on any atom is -0.497 e. The molecular weight excluding hydrogens is 513 g/mol. The second-order valence-corrected chi connectivity index (χ2v) is 8.39. The van der Waals surface area contributed by atoms with Crippen molar-refractivity contribution in [3.8, 4) is 5.75 Å². The molecule has 0 aromatic heterocycles. The van der Waals surface area contributed by atoms with Gasteiger partial charge in [-0.25, -0.2) is 0 Å². The molecule has 0 bridgehead atoms. The monoisotopic (exact) mass is 551 g/mol.